The van der Waals surface area contributed by atoms with Gasteiger partial charge in [-0.3, -0.25) is 9.78 Å². The van der Waals surface area contributed by atoms with Gasteiger partial charge in [0.25, 0.3) is 5.56 Å². The number of hydrogen-bond donors (Lipinski definition) is 0. The van der Waals surface area contributed by atoms with Crippen LogP contribution in [0.15, 0.2) is 33.9 Å². The van der Waals surface area contributed by atoms with Crippen molar-refractivity contribution in [3.05, 3.63) is 39.5 Å². The minimum absolute atomic E-state index is 0.00762. The molecular formula is C9H7BrN2O. The molecule has 0 saturated heterocycles. The van der Waals surface area contributed by atoms with Crippen molar-refractivity contribution < 1.29 is 0 Å². The zero-order chi connectivity index (χ0) is 9.42. The molecule has 3 nitrogen and oxygen atoms in total. The Morgan fingerprint density at radius 3 is 3.00 bits per heavy atom. The Hall–Kier alpha value is -1.16. The van der Waals surface area contributed by atoms with Gasteiger partial charge in [0, 0.05) is 35.5 Å². The van der Waals surface area contributed by atoms with E-state index in [1.54, 1.807) is 30.2 Å². The van der Waals surface area contributed by atoms with Gasteiger partial charge in [-0.1, -0.05) is 0 Å². The molecule has 0 amide bonds. The first kappa shape index (κ1) is 8.44. The van der Waals surface area contributed by atoms with Crippen LogP contribution < -0.4 is 5.56 Å². The second kappa shape index (κ2) is 2.96. The largest absolute Gasteiger partial charge is 0.318 e. The molecule has 2 rings (SSSR count). The minimum Gasteiger partial charge on any atom is -0.318 e. The summed E-state index contributed by atoms with van der Waals surface area (Å²) >= 11 is 3.31. The monoisotopic (exact) mass is 238 g/mol. The van der Waals surface area contributed by atoms with Gasteiger partial charge in [-0.05, 0) is 22.0 Å². The molecule has 4 heteroatoms. The Kier molecular flexibility index (Phi) is 1.92. The summed E-state index contributed by atoms with van der Waals surface area (Å²) in [4.78, 5) is 15.6. The van der Waals surface area contributed by atoms with E-state index in [9.17, 15) is 4.79 Å². The summed E-state index contributed by atoms with van der Waals surface area (Å²) in [5.41, 5.74) is -0.00762. The van der Waals surface area contributed by atoms with E-state index in [0.29, 0.717) is 5.39 Å². The summed E-state index contributed by atoms with van der Waals surface area (Å²) in [6.07, 6.45) is 5.05. The number of pyridine rings is 2. The van der Waals surface area contributed by atoms with E-state index in [-0.39, 0.29) is 5.56 Å². The molecule has 0 atom stereocenters. The molecule has 0 unspecified atom stereocenters. The molecule has 0 bridgehead atoms. The zero-order valence-corrected chi connectivity index (χ0v) is 8.58. The topological polar surface area (TPSA) is 34.9 Å². The van der Waals surface area contributed by atoms with Crippen LogP contribution in [-0.2, 0) is 7.05 Å². The van der Waals surface area contributed by atoms with Crippen molar-refractivity contribution in [1.29, 1.82) is 0 Å². The Balaban J connectivity index is 3.06. The third-order valence-electron chi connectivity index (χ3n) is 1.94. The quantitative estimate of drug-likeness (QED) is 0.701. The highest BCUT2D eigenvalue weighted by molar-refractivity contribution is 9.10. The Morgan fingerprint density at radius 2 is 2.23 bits per heavy atom. The van der Waals surface area contributed by atoms with Gasteiger partial charge < -0.3 is 4.57 Å². The lowest BCUT2D eigenvalue weighted by molar-refractivity contribution is 0.872. The molecule has 0 aliphatic carbocycles. The van der Waals surface area contributed by atoms with E-state index in [1.807, 2.05) is 6.07 Å². The molecular weight excluding hydrogens is 232 g/mol. The molecule has 0 fully saturated rings. The van der Waals surface area contributed by atoms with Gasteiger partial charge in [0.05, 0.1) is 5.39 Å². The molecule has 13 heavy (non-hydrogen) atoms. The normalized spacial score (nSPS) is 10.6. The number of nitrogens with zero attached hydrogens (tertiary/aromatic N) is 2. The maximum Gasteiger partial charge on any atom is 0.259 e. The standard InChI is InChI=1S/C9H7BrN2O/c1-12-3-2-6-4-11-5-7(10)8(6)9(12)13/h2-5H,1H3. The smallest absolute Gasteiger partial charge is 0.259 e. The predicted octanol–water partition coefficient (Wildman–Crippen LogP) is 1.70. The van der Waals surface area contributed by atoms with Crippen LogP contribution in [-0.4, -0.2) is 9.55 Å². The molecule has 0 aromatic carbocycles. The van der Waals surface area contributed by atoms with Gasteiger partial charge in [-0.2, -0.15) is 0 Å². The van der Waals surface area contributed by atoms with Crippen molar-refractivity contribution in [2.45, 2.75) is 0 Å². The van der Waals surface area contributed by atoms with Crippen LogP contribution in [0.2, 0.25) is 0 Å². The molecule has 0 aliphatic rings. The summed E-state index contributed by atoms with van der Waals surface area (Å²) in [6, 6.07) is 1.87. The summed E-state index contributed by atoms with van der Waals surface area (Å²) in [5, 5.41) is 1.54. The fourth-order valence-electron chi connectivity index (χ4n) is 1.24. The molecule has 0 spiro atoms. The van der Waals surface area contributed by atoms with Gasteiger partial charge in [0.15, 0.2) is 0 Å². The summed E-state index contributed by atoms with van der Waals surface area (Å²) < 4.78 is 2.29. The fourth-order valence-corrected chi connectivity index (χ4v) is 1.75. The van der Waals surface area contributed by atoms with Gasteiger partial charge in [-0.15, -0.1) is 0 Å². The third-order valence-corrected chi connectivity index (χ3v) is 2.54. The lowest BCUT2D eigenvalue weighted by Gasteiger charge is -2.01. The van der Waals surface area contributed by atoms with Crippen molar-refractivity contribution >= 4 is 26.7 Å². The van der Waals surface area contributed by atoms with Crippen molar-refractivity contribution in [2.24, 2.45) is 7.05 Å². The number of halogens is 1. The van der Waals surface area contributed by atoms with Crippen LogP contribution in [0.3, 0.4) is 0 Å². The Morgan fingerprint density at radius 1 is 1.46 bits per heavy atom. The van der Waals surface area contributed by atoms with Crippen molar-refractivity contribution in [2.75, 3.05) is 0 Å². The lowest BCUT2D eigenvalue weighted by atomic mass is 10.2. The van der Waals surface area contributed by atoms with E-state index in [4.69, 9.17) is 0 Å². The second-order valence-electron chi connectivity index (χ2n) is 2.82. The average molecular weight is 239 g/mol. The van der Waals surface area contributed by atoms with Crippen LogP contribution in [0.5, 0.6) is 0 Å². The first-order valence-electron chi connectivity index (χ1n) is 3.79. The van der Waals surface area contributed by atoms with E-state index in [2.05, 4.69) is 20.9 Å². The van der Waals surface area contributed by atoms with Gasteiger partial charge >= 0.3 is 0 Å². The molecule has 0 aliphatic heterocycles. The number of aryl methyl sites for hydroxylation is 1. The Bertz CT molecular complexity index is 518. The number of aromatic nitrogens is 2. The molecule has 2 aromatic rings. The van der Waals surface area contributed by atoms with E-state index < -0.39 is 0 Å². The number of rotatable bonds is 0. The first-order valence-corrected chi connectivity index (χ1v) is 4.58. The van der Waals surface area contributed by atoms with Crippen molar-refractivity contribution in [1.82, 2.24) is 9.55 Å². The van der Waals surface area contributed by atoms with Gasteiger partial charge in [0.1, 0.15) is 0 Å². The van der Waals surface area contributed by atoms with Crippen LogP contribution >= 0.6 is 15.9 Å². The fraction of sp³-hybridized carbons (Fsp3) is 0.111. The molecule has 2 aromatic heterocycles. The van der Waals surface area contributed by atoms with Gasteiger partial charge in [-0.25, -0.2) is 0 Å². The summed E-state index contributed by atoms with van der Waals surface area (Å²) in [6.45, 7) is 0. The van der Waals surface area contributed by atoms with Gasteiger partial charge in [0.2, 0.25) is 0 Å². The van der Waals surface area contributed by atoms with Crippen LogP contribution in [0.25, 0.3) is 10.8 Å². The highest BCUT2D eigenvalue weighted by Gasteiger charge is 2.03. The summed E-state index contributed by atoms with van der Waals surface area (Å²) in [7, 11) is 1.73. The van der Waals surface area contributed by atoms with Crippen LogP contribution in [0.4, 0.5) is 0 Å². The molecule has 66 valence electrons. The molecule has 0 radical (unpaired) electrons. The lowest BCUT2D eigenvalue weighted by Crippen LogP contribution is -2.15. The second-order valence-corrected chi connectivity index (χ2v) is 3.67. The van der Waals surface area contributed by atoms with Crippen molar-refractivity contribution in [3.8, 4) is 0 Å². The molecule has 2 heterocycles. The highest BCUT2D eigenvalue weighted by atomic mass is 79.9. The number of hydrogen-bond acceptors (Lipinski definition) is 2. The average Bonchev–Trinajstić information content (AvgIpc) is 2.12. The van der Waals surface area contributed by atoms with Crippen molar-refractivity contribution in [3.63, 3.8) is 0 Å². The third kappa shape index (κ3) is 1.27. The SMILES string of the molecule is Cn1ccc2cncc(Br)c2c1=O. The van der Waals surface area contributed by atoms with Crippen LogP contribution in [0, 0.1) is 0 Å². The summed E-state index contributed by atoms with van der Waals surface area (Å²) in [5.74, 6) is 0. The maximum absolute atomic E-state index is 11.7. The molecule has 0 N–H and O–H groups in total. The highest BCUT2D eigenvalue weighted by Crippen LogP contribution is 2.17. The van der Waals surface area contributed by atoms with E-state index >= 15 is 0 Å². The van der Waals surface area contributed by atoms with E-state index in [1.165, 1.54) is 0 Å². The predicted molar refractivity (Wildman–Crippen MR) is 54.7 cm³/mol. The Labute approximate surface area is 83.2 Å². The maximum atomic E-state index is 11.7. The molecule has 0 saturated carbocycles. The van der Waals surface area contributed by atoms with E-state index in [0.717, 1.165) is 9.86 Å². The number of fused-ring (bicyclic) bond motifs is 1. The zero-order valence-electron chi connectivity index (χ0n) is 6.99. The van der Waals surface area contributed by atoms with Crippen LogP contribution in [0.1, 0.15) is 0 Å². The minimum atomic E-state index is -0.00762. The first-order chi connectivity index (χ1) is 6.20.